The number of hydrogen-bond acceptors (Lipinski definition) is 6. The second kappa shape index (κ2) is 8.56. The van der Waals surface area contributed by atoms with Crippen LogP contribution < -0.4 is 15.1 Å². The summed E-state index contributed by atoms with van der Waals surface area (Å²) in [5.74, 6) is 1.71. The highest BCUT2D eigenvalue weighted by atomic mass is 16.3. The molecule has 2 aliphatic heterocycles. The zero-order valence-electron chi connectivity index (χ0n) is 16.0. The van der Waals surface area contributed by atoms with Crippen LogP contribution >= 0.6 is 0 Å². The average molecular weight is 381 g/mol. The number of piperidine rings is 1. The molecule has 4 rings (SSSR count). The van der Waals surface area contributed by atoms with Crippen LogP contribution in [0.2, 0.25) is 0 Å². The van der Waals surface area contributed by atoms with Crippen molar-refractivity contribution in [2.75, 3.05) is 41.4 Å². The van der Waals surface area contributed by atoms with Gasteiger partial charge in [-0.3, -0.25) is 4.79 Å². The number of aliphatic hydroxyl groups is 1. The summed E-state index contributed by atoms with van der Waals surface area (Å²) in [4.78, 5) is 25.9. The number of nitrogens with one attached hydrogen (secondary N) is 1. The van der Waals surface area contributed by atoms with Crippen LogP contribution in [0.15, 0.2) is 42.7 Å². The molecule has 3 heterocycles. The zero-order valence-corrected chi connectivity index (χ0v) is 16.0. The second-order valence-electron chi connectivity index (χ2n) is 7.55. The lowest BCUT2D eigenvalue weighted by Gasteiger charge is -2.33. The van der Waals surface area contributed by atoms with Crippen LogP contribution in [0.1, 0.15) is 25.7 Å². The smallest absolute Gasteiger partial charge is 0.229 e. The molecule has 1 amide bonds. The number of amides is 1. The van der Waals surface area contributed by atoms with E-state index in [9.17, 15) is 9.90 Å². The maximum absolute atomic E-state index is 12.7. The lowest BCUT2D eigenvalue weighted by molar-refractivity contribution is -0.120. The fourth-order valence-electron chi connectivity index (χ4n) is 4.16. The minimum Gasteiger partial charge on any atom is -0.394 e. The maximum atomic E-state index is 12.7. The van der Waals surface area contributed by atoms with Gasteiger partial charge in [0.25, 0.3) is 0 Å². The molecule has 0 bridgehead atoms. The van der Waals surface area contributed by atoms with E-state index in [-0.39, 0.29) is 24.5 Å². The fourth-order valence-corrected chi connectivity index (χ4v) is 4.16. The molecule has 2 aromatic rings. The first-order chi connectivity index (χ1) is 13.7. The minimum absolute atomic E-state index is 0.0602. The van der Waals surface area contributed by atoms with E-state index in [2.05, 4.69) is 25.1 Å². The normalized spacial score (nSPS) is 22.3. The van der Waals surface area contributed by atoms with Gasteiger partial charge < -0.3 is 20.2 Å². The van der Waals surface area contributed by atoms with Crippen molar-refractivity contribution in [1.82, 2.24) is 9.97 Å². The average Bonchev–Trinajstić information content (AvgIpc) is 3.24. The van der Waals surface area contributed by atoms with E-state index in [1.807, 2.05) is 36.4 Å². The zero-order chi connectivity index (χ0) is 19.3. The minimum atomic E-state index is -0.0654. The molecule has 7 heteroatoms. The number of anilines is 3. The summed E-state index contributed by atoms with van der Waals surface area (Å²) in [6, 6.07) is 11.7. The molecule has 2 N–H and O–H groups in total. The molecule has 2 fully saturated rings. The fraction of sp³-hybridized carbons (Fsp3) is 0.476. The van der Waals surface area contributed by atoms with Gasteiger partial charge in [-0.05, 0) is 37.8 Å². The highest BCUT2D eigenvalue weighted by Gasteiger charge is 2.29. The number of rotatable bonds is 5. The van der Waals surface area contributed by atoms with Gasteiger partial charge in [-0.2, -0.15) is 0 Å². The van der Waals surface area contributed by atoms with E-state index in [4.69, 9.17) is 0 Å². The van der Waals surface area contributed by atoms with Crippen LogP contribution in [0, 0.1) is 5.92 Å². The highest BCUT2D eigenvalue weighted by Crippen LogP contribution is 2.28. The Hall–Kier alpha value is -2.67. The van der Waals surface area contributed by atoms with E-state index < -0.39 is 0 Å². The molecular formula is C21H27N5O2. The number of benzene rings is 1. The van der Waals surface area contributed by atoms with Crippen LogP contribution in [0.3, 0.4) is 0 Å². The molecule has 7 nitrogen and oxygen atoms in total. The van der Waals surface area contributed by atoms with E-state index in [0.29, 0.717) is 6.54 Å². The molecule has 0 spiro atoms. The summed E-state index contributed by atoms with van der Waals surface area (Å²) in [5.41, 5.74) is 0.832. The lowest BCUT2D eigenvalue weighted by atomic mass is 9.97. The summed E-state index contributed by atoms with van der Waals surface area (Å²) < 4.78 is 0. The number of carbonyl (C=O) groups is 1. The van der Waals surface area contributed by atoms with Gasteiger partial charge in [-0.25, -0.2) is 9.97 Å². The third kappa shape index (κ3) is 4.09. The van der Waals surface area contributed by atoms with Gasteiger partial charge in [-0.15, -0.1) is 0 Å². The monoisotopic (exact) mass is 381 g/mol. The van der Waals surface area contributed by atoms with Crippen LogP contribution in [0.5, 0.6) is 0 Å². The molecular weight excluding hydrogens is 354 g/mol. The molecule has 2 saturated heterocycles. The number of carbonyl (C=O) groups excluding carboxylic acids is 1. The first-order valence-electron chi connectivity index (χ1n) is 10.0. The Morgan fingerprint density at radius 2 is 1.89 bits per heavy atom. The summed E-state index contributed by atoms with van der Waals surface area (Å²) >= 11 is 0. The van der Waals surface area contributed by atoms with Crippen LogP contribution in [-0.4, -0.2) is 53.3 Å². The standard InChI is InChI=1S/C21H27N5O2/c27-14-18-9-5-11-26(18)20-12-19(22-15-23-20)25-10-4-6-16(13-25)21(28)24-17-7-2-1-3-8-17/h1-3,7-8,12,15-16,18,27H,4-6,9-11,13-14H2,(H,24,28)/t16-,18+/m1/s1. The predicted molar refractivity (Wildman–Crippen MR) is 109 cm³/mol. The second-order valence-corrected chi connectivity index (χ2v) is 7.55. The topological polar surface area (TPSA) is 81.6 Å². The summed E-state index contributed by atoms with van der Waals surface area (Å²) in [6.45, 7) is 2.59. The largest absolute Gasteiger partial charge is 0.394 e. The molecule has 28 heavy (non-hydrogen) atoms. The van der Waals surface area contributed by atoms with E-state index in [0.717, 1.165) is 56.1 Å². The van der Waals surface area contributed by atoms with Crippen LogP contribution in [0.4, 0.5) is 17.3 Å². The van der Waals surface area contributed by atoms with Gasteiger partial charge in [0.05, 0.1) is 18.6 Å². The van der Waals surface area contributed by atoms with Gasteiger partial charge in [0, 0.05) is 31.4 Å². The Kier molecular flexibility index (Phi) is 5.71. The van der Waals surface area contributed by atoms with Crippen molar-refractivity contribution in [3.05, 3.63) is 42.7 Å². The molecule has 2 atom stereocenters. The van der Waals surface area contributed by atoms with Crippen LogP contribution in [0.25, 0.3) is 0 Å². The number of para-hydroxylation sites is 1. The Morgan fingerprint density at radius 3 is 2.71 bits per heavy atom. The van der Waals surface area contributed by atoms with Crippen molar-refractivity contribution in [3.63, 3.8) is 0 Å². The SMILES string of the molecule is O=C(Nc1ccccc1)[C@@H]1CCCN(c2cc(N3CCC[C@H]3CO)ncn2)C1. The number of aliphatic hydroxyl groups excluding tert-OH is 1. The van der Waals surface area contributed by atoms with Gasteiger partial charge in [-0.1, -0.05) is 18.2 Å². The highest BCUT2D eigenvalue weighted by molar-refractivity contribution is 5.93. The van der Waals surface area contributed by atoms with Gasteiger partial charge in [0.2, 0.25) is 5.91 Å². The molecule has 0 unspecified atom stereocenters. The molecule has 0 aliphatic carbocycles. The Morgan fingerprint density at radius 1 is 1.11 bits per heavy atom. The van der Waals surface area contributed by atoms with Crippen molar-refractivity contribution in [2.24, 2.45) is 5.92 Å². The van der Waals surface area contributed by atoms with Crippen molar-refractivity contribution >= 4 is 23.2 Å². The van der Waals surface area contributed by atoms with Crippen molar-refractivity contribution in [2.45, 2.75) is 31.7 Å². The quantitative estimate of drug-likeness (QED) is 0.827. The number of aromatic nitrogens is 2. The van der Waals surface area contributed by atoms with Gasteiger partial charge in [0.1, 0.15) is 18.0 Å². The first-order valence-corrected chi connectivity index (χ1v) is 10.0. The predicted octanol–water partition coefficient (Wildman–Crippen LogP) is 2.29. The molecule has 0 saturated carbocycles. The van der Waals surface area contributed by atoms with Crippen LogP contribution in [-0.2, 0) is 4.79 Å². The summed E-state index contributed by atoms with van der Waals surface area (Å²) in [6.07, 6.45) is 5.48. The molecule has 148 valence electrons. The Bertz CT molecular complexity index is 800. The number of nitrogens with zero attached hydrogens (tertiary/aromatic N) is 4. The first kappa shape index (κ1) is 18.7. The van der Waals surface area contributed by atoms with Crippen molar-refractivity contribution in [1.29, 1.82) is 0 Å². The Balaban J connectivity index is 1.44. The molecule has 0 radical (unpaired) electrons. The van der Waals surface area contributed by atoms with E-state index >= 15 is 0 Å². The maximum Gasteiger partial charge on any atom is 0.229 e. The third-order valence-corrected chi connectivity index (χ3v) is 5.68. The van der Waals surface area contributed by atoms with Crippen molar-refractivity contribution < 1.29 is 9.90 Å². The van der Waals surface area contributed by atoms with Gasteiger partial charge >= 0.3 is 0 Å². The molecule has 1 aromatic carbocycles. The van der Waals surface area contributed by atoms with Gasteiger partial charge in [0.15, 0.2) is 0 Å². The summed E-state index contributed by atoms with van der Waals surface area (Å²) in [5, 5.41) is 12.6. The lowest BCUT2D eigenvalue weighted by Crippen LogP contribution is -2.41. The Labute approximate surface area is 165 Å². The van der Waals surface area contributed by atoms with E-state index in [1.54, 1.807) is 6.33 Å². The molecule has 1 aromatic heterocycles. The van der Waals surface area contributed by atoms with Crippen molar-refractivity contribution in [3.8, 4) is 0 Å². The van der Waals surface area contributed by atoms with E-state index in [1.165, 1.54) is 0 Å². The number of hydrogen-bond donors (Lipinski definition) is 2. The third-order valence-electron chi connectivity index (χ3n) is 5.68. The molecule has 2 aliphatic rings. The summed E-state index contributed by atoms with van der Waals surface area (Å²) in [7, 11) is 0.